The molecule has 0 bridgehead atoms. The van der Waals surface area contributed by atoms with E-state index in [1.165, 1.54) is 70.6 Å². The number of hydrogen-bond acceptors (Lipinski definition) is 5. The standard InChI is InChI=1S/C26H51N3O2/c1-3-4-5-6-7-8-9-10-15-21-25(30)31-22-17-16-20-24-19-14-12-11-13-18-23(2)28-26(27)29-24/h23-24H,3-22H2,1-2H3,(H3,27,28,29)/t23-,24-/m1/s1. The van der Waals surface area contributed by atoms with Crippen molar-refractivity contribution in [2.24, 2.45) is 10.7 Å². The first-order valence-corrected chi connectivity index (χ1v) is 13.4. The van der Waals surface area contributed by atoms with Crippen LogP contribution in [0.25, 0.3) is 0 Å². The maximum atomic E-state index is 11.9. The van der Waals surface area contributed by atoms with Gasteiger partial charge in [-0.15, -0.1) is 0 Å². The third-order valence-corrected chi connectivity index (χ3v) is 6.32. The van der Waals surface area contributed by atoms with Crippen LogP contribution in [0.15, 0.2) is 4.99 Å². The number of nitrogens with two attached hydrogens (primary N) is 1. The largest absolute Gasteiger partial charge is 0.466 e. The van der Waals surface area contributed by atoms with Crippen molar-refractivity contribution in [3.8, 4) is 0 Å². The molecule has 182 valence electrons. The fraction of sp³-hybridized carbons (Fsp3) is 0.923. The Morgan fingerprint density at radius 2 is 1.58 bits per heavy atom. The monoisotopic (exact) mass is 437 g/mol. The van der Waals surface area contributed by atoms with Gasteiger partial charge in [0.05, 0.1) is 12.6 Å². The number of aliphatic imine (C=N–C) groups is 1. The maximum absolute atomic E-state index is 11.9. The van der Waals surface area contributed by atoms with Gasteiger partial charge >= 0.3 is 5.97 Å². The number of nitrogens with zero attached hydrogens (tertiary/aromatic N) is 1. The minimum Gasteiger partial charge on any atom is -0.466 e. The van der Waals surface area contributed by atoms with Crippen molar-refractivity contribution >= 4 is 11.9 Å². The van der Waals surface area contributed by atoms with E-state index in [0.29, 0.717) is 25.0 Å². The highest BCUT2D eigenvalue weighted by molar-refractivity contribution is 5.78. The number of guanidine groups is 1. The average molecular weight is 438 g/mol. The highest BCUT2D eigenvalue weighted by atomic mass is 16.5. The summed E-state index contributed by atoms with van der Waals surface area (Å²) in [5.74, 6) is 0.560. The number of nitrogens with one attached hydrogen (secondary N) is 1. The Balaban J connectivity index is 2.05. The zero-order chi connectivity index (χ0) is 22.6. The summed E-state index contributed by atoms with van der Waals surface area (Å²) in [5, 5.41) is 3.33. The van der Waals surface area contributed by atoms with Gasteiger partial charge in [-0.25, -0.2) is 0 Å². The predicted molar refractivity (Wildman–Crippen MR) is 132 cm³/mol. The van der Waals surface area contributed by atoms with Crippen LogP contribution in [0.3, 0.4) is 0 Å². The third kappa shape index (κ3) is 17.0. The van der Waals surface area contributed by atoms with E-state index in [2.05, 4.69) is 19.2 Å². The molecule has 1 aliphatic heterocycles. The summed E-state index contributed by atoms with van der Waals surface area (Å²) in [6, 6.07) is 0.684. The van der Waals surface area contributed by atoms with Crippen molar-refractivity contribution in [2.45, 2.75) is 148 Å². The van der Waals surface area contributed by atoms with Gasteiger partial charge in [-0.05, 0) is 45.4 Å². The Labute approximate surface area is 192 Å². The molecule has 1 aliphatic rings. The molecule has 0 amide bonds. The summed E-state index contributed by atoms with van der Waals surface area (Å²) in [7, 11) is 0. The van der Waals surface area contributed by atoms with Crippen LogP contribution in [-0.2, 0) is 9.53 Å². The second-order valence-corrected chi connectivity index (χ2v) is 9.50. The first-order chi connectivity index (χ1) is 15.1. The molecular weight excluding hydrogens is 386 g/mol. The van der Waals surface area contributed by atoms with E-state index in [-0.39, 0.29) is 12.0 Å². The van der Waals surface area contributed by atoms with E-state index in [9.17, 15) is 4.79 Å². The smallest absolute Gasteiger partial charge is 0.305 e. The number of carbonyl (C=O) groups is 1. The summed E-state index contributed by atoms with van der Waals surface area (Å²) < 4.78 is 5.42. The van der Waals surface area contributed by atoms with Crippen LogP contribution in [0.5, 0.6) is 0 Å². The van der Waals surface area contributed by atoms with E-state index in [1.807, 2.05) is 0 Å². The Morgan fingerprint density at radius 1 is 0.935 bits per heavy atom. The molecule has 0 spiro atoms. The number of carbonyl (C=O) groups excluding carboxylic acids is 1. The molecule has 3 N–H and O–H groups in total. The van der Waals surface area contributed by atoms with Gasteiger partial charge in [0.2, 0.25) is 0 Å². The van der Waals surface area contributed by atoms with Gasteiger partial charge in [-0.2, -0.15) is 0 Å². The van der Waals surface area contributed by atoms with Crippen LogP contribution in [0.1, 0.15) is 136 Å². The van der Waals surface area contributed by atoms with E-state index >= 15 is 0 Å². The zero-order valence-electron chi connectivity index (χ0n) is 20.6. The Bertz CT molecular complexity index is 468. The predicted octanol–water partition coefficient (Wildman–Crippen LogP) is 6.64. The molecule has 0 radical (unpaired) electrons. The molecule has 0 saturated heterocycles. The highest BCUT2D eigenvalue weighted by Gasteiger charge is 2.11. The molecular formula is C26H51N3O2. The average Bonchev–Trinajstić information content (AvgIpc) is 2.77. The lowest BCUT2D eigenvalue weighted by Gasteiger charge is -2.16. The molecule has 1 rings (SSSR count). The summed E-state index contributed by atoms with van der Waals surface area (Å²) in [6.07, 6.45) is 22.3. The summed E-state index contributed by atoms with van der Waals surface area (Å²) in [4.78, 5) is 16.6. The molecule has 0 saturated carbocycles. The maximum Gasteiger partial charge on any atom is 0.305 e. The van der Waals surface area contributed by atoms with Gasteiger partial charge in [0.25, 0.3) is 0 Å². The van der Waals surface area contributed by atoms with Crippen LogP contribution in [0.2, 0.25) is 0 Å². The third-order valence-electron chi connectivity index (χ3n) is 6.32. The van der Waals surface area contributed by atoms with Crippen LogP contribution in [-0.4, -0.2) is 30.6 Å². The van der Waals surface area contributed by atoms with E-state index in [0.717, 1.165) is 44.9 Å². The molecule has 0 aromatic heterocycles. The molecule has 5 heteroatoms. The van der Waals surface area contributed by atoms with E-state index in [4.69, 9.17) is 15.5 Å². The second kappa shape index (κ2) is 19.4. The number of ether oxygens (including phenoxy) is 1. The number of esters is 1. The van der Waals surface area contributed by atoms with Gasteiger partial charge in [0.15, 0.2) is 5.96 Å². The molecule has 0 fully saturated rings. The van der Waals surface area contributed by atoms with Crippen LogP contribution in [0, 0.1) is 0 Å². The van der Waals surface area contributed by atoms with Crippen LogP contribution >= 0.6 is 0 Å². The van der Waals surface area contributed by atoms with E-state index in [1.54, 1.807) is 0 Å². The van der Waals surface area contributed by atoms with Crippen molar-refractivity contribution in [3.05, 3.63) is 0 Å². The molecule has 2 atom stereocenters. The summed E-state index contributed by atoms with van der Waals surface area (Å²) in [5.41, 5.74) is 6.10. The molecule has 5 nitrogen and oxygen atoms in total. The minimum absolute atomic E-state index is 0.0293. The first kappa shape index (κ1) is 27.8. The normalized spacial score (nSPS) is 20.4. The Kier molecular flexibility index (Phi) is 17.4. The van der Waals surface area contributed by atoms with Gasteiger partial charge in [0, 0.05) is 12.5 Å². The van der Waals surface area contributed by atoms with Gasteiger partial charge in [-0.3, -0.25) is 9.79 Å². The Hall–Kier alpha value is -1.26. The summed E-state index contributed by atoms with van der Waals surface area (Å²) >= 11 is 0. The lowest BCUT2D eigenvalue weighted by atomic mass is 10.0. The SMILES string of the molecule is CCCCCCCCCCCC(=O)OCCCC[C@H]1CCCCCC[C@@H](C)NC(N)=N1. The van der Waals surface area contributed by atoms with Crippen molar-refractivity contribution in [3.63, 3.8) is 0 Å². The fourth-order valence-corrected chi connectivity index (χ4v) is 4.34. The topological polar surface area (TPSA) is 76.7 Å². The molecule has 0 aromatic rings. The first-order valence-electron chi connectivity index (χ1n) is 13.4. The second-order valence-electron chi connectivity index (χ2n) is 9.50. The van der Waals surface area contributed by atoms with E-state index < -0.39 is 0 Å². The lowest BCUT2D eigenvalue weighted by molar-refractivity contribution is -0.143. The lowest BCUT2D eigenvalue weighted by Crippen LogP contribution is -2.39. The quantitative estimate of drug-likeness (QED) is 0.222. The van der Waals surface area contributed by atoms with Gasteiger partial charge < -0.3 is 15.8 Å². The Morgan fingerprint density at radius 3 is 2.29 bits per heavy atom. The van der Waals surface area contributed by atoms with Crippen molar-refractivity contribution < 1.29 is 9.53 Å². The van der Waals surface area contributed by atoms with Gasteiger partial charge in [0.1, 0.15) is 0 Å². The van der Waals surface area contributed by atoms with Crippen LogP contribution < -0.4 is 11.1 Å². The molecule has 1 heterocycles. The number of rotatable bonds is 15. The molecule has 0 aliphatic carbocycles. The minimum atomic E-state index is -0.0293. The van der Waals surface area contributed by atoms with Crippen molar-refractivity contribution in [1.82, 2.24) is 5.32 Å². The van der Waals surface area contributed by atoms with Crippen molar-refractivity contribution in [1.29, 1.82) is 0 Å². The molecule has 0 unspecified atom stereocenters. The highest BCUT2D eigenvalue weighted by Crippen LogP contribution is 2.16. The van der Waals surface area contributed by atoms with Gasteiger partial charge in [-0.1, -0.05) is 84.0 Å². The molecule has 31 heavy (non-hydrogen) atoms. The zero-order valence-corrected chi connectivity index (χ0v) is 20.6. The van der Waals surface area contributed by atoms with Crippen molar-refractivity contribution in [2.75, 3.05) is 6.61 Å². The number of unbranched alkanes of at least 4 members (excludes halogenated alkanes) is 9. The number of hydrogen-bond donors (Lipinski definition) is 2. The molecule has 0 aromatic carbocycles. The fourth-order valence-electron chi connectivity index (χ4n) is 4.34. The van der Waals surface area contributed by atoms with Crippen LogP contribution in [0.4, 0.5) is 0 Å². The summed E-state index contributed by atoms with van der Waals surface area (Å²) in [6.45, 7) is 4.97.